The molecule has 2 aromatic heterocycles. The Balaban J connectivity index is 2.11. The highest BCUT2D eigenvalue weighted by atomic mass is 16.1. The minimum absolute atomic E-state index is 0.0148. The zero-order chi connectivity index (χ0) is 13.8. The first-order chi connectivity index (χ1) is 9.08. The molecule has 100 valence electrons. The first-order valence-electron chi connectivity index (χ1n) is 6.30. The summed E-state index contributed by atoms with van der Waals surface area (Å²) >= 11 is 0. The van der Waals surface area contributed by atoms with Crippen LogP contribution in [0, 0.1) is 5.92 Å². The van der Waals surface area contributed by atoms with Crippen LogP contribution in [0.1, 0.15) is 19.5 Å². The van der Waals surface area contributed by atoms with Crippen molar-refractivity contribution in [3.8, 4) is 11.4 Å². The Morgan fingerprint density at radius 3 is 2.84 bits per heavy atom. The molecule has 0 aromatic carbocycles. The zero-order valence-electron chi connectivity index (χ0n) is 11.4. The van der Waals surface area contributed by atoms with Crippen LogP contribution in [0.15, 0.2) is 30.5 Å². The summed E-state index contributed by atoms with van der Waals surface area (Å²) in [5.41, 5.74) is 2.64. The van der Waals surface area contributed by atoms with Crippen molar-refractivity contribution in [3.05, 3.63) is 36.2 Å². The van der Waals surface area contributed by atoms with E-state index in [0.717, 1.165) is 17.1 Å². The van der Waals surface area contributed by atoms with E-state index in [4.69, 9.17) is 0 Å². The van der Waals surface area contributed by atoms with Gasteiger partial charge >= 0.3 is 0 Å². The lowest BCUT2D eigenvalue weighted by atomic mass is 10.2. The Morgan fingerprint density at radius 1 is 1.42 bits per heavy atom. The van der Waals surface area contributed by atoms with Crippen molar-refractivity contribution < 1.29 is 4.79 Å². The number of nitrogens with one attached hydrogen (secondary N) is 1. The molecule has 0 saturated carbocycles. The number of aryl methyl sites for hydroxylation is 1. The van der Waals surface area contributed by atoms with E-state index in [2.05, 4.69) is 15.4 Å². The monoisotopic (exact) mass is 258 g/mol. The van der Waals surface area contributed by atoms with Gasteiger partial charge in [-0.05, 0) is 18.2 Å². The van der Waals surface area contributed by atoms with Crippen LogP contribution < -0.4 is 5.32 Å². The number of amides is 1. The summed E-state index contributed by atoms with van der Waals surface area (Å²) in [6, 6.07) is 7.70. The van der Waals surface area contributed by atoms with Crippen LogP contribution in [0.3, 0.4) is 0 Å². The molecule has 0 atom stereocenters. The van der Waals surface area contributed by atoms with Gasteiger partial charge in [0.2, 0.25) is 5.91 Å². The Hall–Kier alpha value is -2.17. The van der Waals surface area contributed by atoms with Crippen molar-refractivity contribution in [2.24, 2.45) is 13.0 Å². The second-order valence-electron chi connectivity index (χ2n) is 4.73. The Bertz CT molecular complexity index is 560. The van der Waals surface area contributed by atoms with Crippen LogP contribution in [0.2, 0.25) is 0 Å². The topological polar surface area (TPSA) is 59.8 Å². The predicted molar refractivity (Wildman–Crippen MR) is 73.1 cm³/mol. The average Bonchev–Trinajstić information content (AvgIpc) is 2.78. The third-order valence-electron chi connectivity index (χ3n) is 2.83. The van der Waals surface area contributed by atoms with Gasteiger partial charge in [-0.1, -0.05) is 19.9 Å². The molecule has 0 bridgehead atoms. The molecule has 2 aromatic rings. The third-order valence-corrected chi connectivity index (χ3v) is 2.83. The van der Waals surface area contributed by atoms with Gasteiger partial charge in [0.15, 0.2) is 0 Å². The van der Waals surface area contributed by atoms with Crippen LogP contribution in [0.5, 0.6) is 0 Å². The molecule has 19 heavy (non-hydrogen) atoms. The molecular weight excluding hydrogens is 240 g/mol. The molecule has 1 amide bonds. The number of aromatic nitrogens is 3. The van der Waals surface area contributed by atoms with Crippen molar-refractivity contribution >= 4 is 5.91 Å². The molecule has 0 saturated heterocycles. The number of hydrogen-bond donors (Lipinski definition) is 1. The second kappa shape index (κ2) is 5.65. The standard InChI is InChI=1S/C14H18N4O/c1-10(2)14(19)16-9-11-8-13(18(3)17-11)12-6-4-5-7-15-12/h4-8,10H,9H2,1-3H3,(H,16,19). The van der Waals surface area contributed by atoms with Gasteiger partial charge in [-0.3, -0.25) is 14.5 Å². The lowest BCUT2D eigenvalue weighted by Crippen LogP contribution is -2.27. The summed E-state index contributed by atoms with van der Waals surface area (Å²) in [4.78, 5) is 15.8. The molecule has 0 aliphatic rings. The molecular formula is C14H18N4O. The van der Waals surface area contributed by atoms with Crippen LogP contribution >= 0.6 is 0 Å². The second-order valence-corrected chi connectivity index (χ2v) is 4.73. The zero-order valence-corrected chi connectivity index (χ0v) is 11.4. The first kappa shape index (κ1) is 13.3. The van der Waals surface area contributed by atoms with Gasteiger partial charge in [0.1, 0.15) is 0 Å². The number of carbonyl (C=O) groups excluding carboxylic acids is 1. The number of pyridine rings is 1. The minimum atomic E-state index is -0.0148. The smallest absolute Gasteiger partial charge is 0.222 e. The number of nitrogens with zero attached hydrogens (tertiary/aromatic N) is 3. The molecule has 0 unspecified atom stereocenters. The lowest BCUT2D eigenvalue weighted by Gasteiger charge is -2.04. The Labute approximate surface area is 112 Å². The van der Waals surface area contributed by atoms with E-state index in [1.54, 1.807) is 10.9 Å². The van der Waals surface area contributed by atoms with E-state index in [0.29, 0.717) is 6.54 Å². The van der Waals surface area contributed by atoms with Gasteiger partial charge < -0.3 is 5.32 Å². The highest BCUT2D eigenvalue weighted by molar-refractivity contribution is 5.77. The lowest BCUT2D eigenvalue weighted by molar-refractivity contribution is -0.124. The molecule has 2 rings (SSSR count). The van der Waals surface area contributed by atoms with Crippen molar-refractivity contribution in [1.82, 2.24) is 20.1 Å². The highest BCUT2D eigenvalue weighted by Crippen LogP contribution is 2.16. The number of rotatable bonds is 4. The third kappa shape index (κ3) is 3.19. The van der Waals surface area contributed by atoms with Gasteiger partial charge in [0.25, 0.3) is 0 Å². The molecule has 0 radical (unpaired) electrons. The average molecular weight is 258 g/mol. The SMILES string of the molecule is CC(C)C(=O)NCc1cc(-c2ccccn2)n(C)n1. The van der Waals surface area contributed by atoms with Crippen LogP contribution in [0.4, 0.5) is 0 Å². The van der Waals surface area contributed by atoms with E-state index >= 15 is 0 Å². The largest absolute Gasteiger partial charge is 0.350 e. The van der Waals surface area contributed by atoms with Gasteiger partial charge in [0, 0.05) is 19.2 Å². The van der Waals surface area contributed by atoms with Gasteiger partial charge in [-0.15, -0.1) is 0 Å². The number of carbonyl (C=O) groups is 1. The molecule has 0 fully saturated rings. The Kier molecular flexibility index (Phi) is 3.94. The van der Waals surface area contributed by atoms with E-state index in [1.807, 2.05) is 45.2 Å². The summed E-state index contributed by atoms with van der Waals surface area (Å²) in [6.07, 6.45) is 1.75. The molecule has 0 aliphatic heterocycles. The van der Waals surface area contributed by atoms with Crippen LogP contribution in [-0.4, -0.2) is 20.7 Å². The molecule has 0 aliphatic carbocycles. The van der Waals surface area contributed by atoms with Gasteiger partial charge in [-0.2, -0.15) is 5.10 Å². The summed E-state index contributed by atoms with van der Waals surface area (Å²) < 4.78 is 1.78. The maximum atomic E-state index is 11.5. The quantitative estimate of drug-likeness (QED) is 0.909. The van der Waals surface area contributed by atoms with Gasteiger partial charge in [0.05, 0.1) is 23.6 Å². The molecule has 0 spiro atoms. The highest BCUT2D eigenvalue weighted by Gasteiger charge is 2.10. The maximum absolute atomic E-state index is 11.5. The molecule has 5 nitrogen and oxygen atoms in total. The van der Waals surface area contributed by atoms with Crippen molar-refractivity contribution in [3.63, 3.8) is 0 Å². The summed E-state index contributed by atoms with van der Waals surface area (Å²) in [5.74, 6) is 0.0176. The van der Waals surface area contributed by atoms with E-state index in [9.17, 15) is 4.79 Å². The Morgan fingerprint density at radius 2 is 2.21 bits per heavy atom. The maximum Gasteiger partial charge on any atom is 0.222 e. The fourth-order valence-corrected chi connectivity index (χ4v) is 1.75. The van der Waals surface area contributed by atoms with Crippen molar-refractivity contribution in [1.29, 1.82) is 0 Å². The van der Waals surface area contributed by atoms with Gasteiger partial charge in [-0.25, -0.2) is 0 Å². The predicted octanol–water partition coefficient (Wildman–Crippen LogP) is 1.75. The molecule has 2 heterocycles. The van der Waals surface area contributed by atoms with Crippen LogP contribution in [0.25, 0.3) is 11.4 Å². The van der Waals surface area contributed by atoms with Crippen molar-refractivity contribution in [2.45, 2.75) is 20.4 Å². The molecule has 1 N–H and O–H groups in total. The summed E-state index contributed by atoms with van der Waals surface area (Å²) in [6.45, 7) is 4.18. The molecule has 5 heteroatoms. The van der Waals surface area contributed by atoms with E-state index < -0.39 is 0 Å². The summed E-state index contributed by atoms with van der Waals surface area (Å²) in [7, 11) is 1.87. The first-order valence-corrected chi connectivity index (χ1v) is 6.30. The fraction of sp³-hybridized carbons (Fsp3) is 0.357. The fourth-order valence-electron chi connectivity index (χ4n) is 1.75. The minimum Gasteiger partial charge on any atom is -0.350 e. The normalized spacial score (nSPS) is 10.7. The summed E-state index contributed by atoms with van der Waals surface area (Å²) in [5, 5.41) is 7.24. The van der Waals surface area contributed by atoms with Crippen molar-refractivity contribution in [2.75, 3.05) is 0 Å². The van der Waals surface area contributed by atoms with E-state index in [-0.39, 0.29) is 11.8 Å². The van der Waals surface area contributed by atoms with E-state index in [1.165, 1.54) is 0 Å². The van der Waals surface area contributed by atoms with Crippen LogP contribution in [-0.2, 0) is 18.4 Å². The number of hydrogen-bond acceptors (Lipinski definition) is 3.